The fourth-order valence-electron chi connectivity index (χ4n) is 1.38. The van der Waals surface area contributed by atoms with Crippen LogP contribution in [0.5, 0.6) is 0 Å². The van der Waals surface area contributed by atoms with Gasteiger partial charge in [-0.05, 0) is 0 Å². The lowest BCUT2D eigenvalue weighted by molar-refractivity contribution is -0.383. The van der Waals surface area contributed by atoms with Crippen LogP contribution >= 0.6 is 11.1 Å². The van der Waals surface area contributed by atoms with Crippen molar-refractivity contribution in [3.63, 3.8) is 0 Å². The second-order valence-electron chi connectivity index (χ2n) is 4.65. The van der Waals surface area contributed by atoms with Crippen molar-refractivity contribution < 1.29 is 57.1 Å². The number of hydrogen-bond donors (Lipinski definition) is 0. The summed E-state index contributed by atoms with van der Waals surface area (Å²) in [7, 11) is -3.97. The highest BCUT2D eigenvalue weighted by atomic mass is 35.6. The largest absolute Gasteiger partial charge is 0.381 e. The van der Waals surface area contributed by atoms with Gasteiger partial charge in [-0.3, -0.25) is 0 Å². The Morgan fingerprint density at radius 3 is 1.33 bits per heavy atom. The molecule has 0 spiro atoms. The van der Waals surface area contributed by atoms with Crippen LogP contribution in [-0.4, -0.2) is 56.4 Å². The number of alkyl halides is 13. The van der Waals surface area contributed by atoms with Gasteiger partial charge in [0, 0.05) is 0 Å². The topological polar surface area (TPSA) is 0 Å². The van der Waals surface area contributed by atoms with Crippen LogP contribution in [-0.2, 0) is 0 Å². The molecular weight excluding hydrogens is 419 g/mol. The van der Waals surface area contributed by atoms with Crippen molar-refractivity contribution in [2.75, 3.05) is 0 Å². The fraction of sp³-hybridized carbons (Fsp3) is 1.00. The molecule has 0 aromatic rings. The molecule has 0 aliphatic carbocycles. The van der Waals surface area contributed by atoms with E-state index in [1.54, 1.807) is 0 Å². The molecule has 146 valence electrons. The maximum atomic E-state index is 13.2. The molecule has 0 aromatic carbocycles. The zero-order chi connectivity index (χ0) is 19.9. The smallest absolute Gasteiger partial charge is 0.243 e. The Balaban J connectivity index is 6.00. The van der Waals surface area contributed by atoms with Gasteiger partial charge < -0.3 is 0 Å². The van der Waals surface area contributed by atoms with E-state index >= 15 is 0 Å². The van der Waals surface area contributed by atoms with Gasteiger partial charge in [0.25, 0.3) is 6.43 Å². The van der Waals surface area contributed by atoms with Gasteiger partial charge in [0.1, 0.15) is 0 Å². The third-order valence-corrected chi connectivity index (χ3v) is 4.74. The maximum absolute atomic E-state index is 13.2. The summed E-state index contributed by atoms with van der Waals surface area (Å²) in [6.45, 7) is 0.429. The van der Waals surface area contributed by atoms with Gasteiger partial charge in [-0.1, -0.05) is 6.55 Å². The monoisotopic (exact) mass is 426 g/mol. The molecule has 0 aliphatic heterocycles. The summed E-state index contributed by atoms with van der Waals surface area (Å²) >= 11 is 4.82. The molecule has 4 atom stereocenters. The summed E-state index contributed by atoms with van der Waals surface area (Å²) in [6.07, 6.45) is -14.6. The molecule has 0 nitrogen and oxygen atoms in total. The lowest BCUT2D eigenvalue weighted by atomic mass is 9.94. The zero-order valence-electron chi connectivity index (χ0n) is 11.2. The molecule has 0 bridgehead atoms. The SMILES string of the molecule is C[SiH](Cl)C(F)C(F)(F)C(F)(F)C(F)(F)C(F)(F)C(F)C(F)C(F)F. The van der Waals surface area contributed by atoms with Crippen LogP contribution in [0.25, 0.3) is 0 Å². The minimum absolute atomic E-state index is 0.429. The molecule has 24 heavy (non-hydrogen) atoms. The predicted octanol–water partition coefficient (Wildman–Crippen LogP) is 4.94. The van der Waals surface area contributed by atoms with E-state index in [4.69, 9.17) is 11.1 Å². The second-order valence-corrected chi connectivity index (χ2v) is 8.66. The van der Waals surface area contributed by atoms with E-state index in [-0.39, 0.29) is 0 Å². The molecular formula is C9H8ClF13Si. The molecule has 0 amide bonds. The molecule has 0 N–H and O–H groups in total. The van der Waals surface area contributed by atoms with Gasteiger partial charge in [-0.15, -0.1) is 0 Å². The third-order valence-electron chi connectivity index (χ3n) is 2.85. The molecule has 0 radical (unpaired) electrons. The van der Waals surface area contributed by atoms with Gasteiger partial charge in [-0.2, -0.15) is 46.2 Å². The van der Waals surface area contributed by atoms with Crippen LogP contribution < -0.4 is 0 Å². The molecule has 0 saturated carbocycles. The molecule has 0 aromatic heterocycles. The first kappa shape index (κ1) is 23.6. The Hall–Kier alpha value is -0.403. The van der Waals surface area contributed by atoms with Gasteiger partial charge in [0.05, 0.1) is 0 Å². The summed E-state index contributed by atoms with van der Waals surface area (Å²) in [5.74, 6) is -32.3. The van der Waals surface area contributed by atoms with Crippen LogP contribution in [0.2, 0.25) is 6.55 Å². The van der Waals surface area contributed by atoms with Gasteiger partial charge in [0.2, 0.25) is 6.17 Å². The van der Waals surface area contributed by atoms with Crippen LogP contribution in [0.1, 0.15) is 0 Å². The van der Waals surface area contributed by atoms with Crippen molar-refractivity contribution in [1.29, 1.82) is 0 Å². The first-order chi connectivity index (χ1) is 10.4. The van der Waals surface area contributed by atoms with E-state index in [9.17, 15) is 57.1 Å². The Morgan fingerprint density at radius 1 is 0.708 bits per heavy atom. The van der Waals surface area contributed by atoms with Crippen molar-refractivity contribution in [2.24, 2.45) is 0 Å². The number of rotatable bonds is 8. The summed E-state index contributed by atoms with van der Waals surface area (Å²) in [5, 5.41) is 0. The molecule has 4 unspecified atom stereocenters. The average Bonchev–Trinajstić information content (AvgIpc) is 2.43. The Labute approximate surface area is 132 Å². The molecule has 0 fully saturated rings. The van der Waals surface area contributed by atoms with Crippen molar-refractivity contribution in [3.8, 4) is 0 Å². The van der Waals surface area contributed by atoms with Crippen LogP contribution in [0, 0.1) is 0 Å². The number of hydrogen-bond acceptors (Lipinski definition) is 0. The van der Waals surface area contributed by atoms with Crippen molar-refractivity contribution in [3.05, 3.63) is 0 Å². The van der Waals surface area contributed by atoms with E-state index in [1.165, 1.54) is 0 Å². The van der Waals surface area contributed by atoms with E-state index < -0.39 is 56.4 Å². The summed E-state index contributed by atoms with van der Waals surface area (Å²) in [4.78, 5) is 0. The molecule has 0 saturated heterocycles. The standard InChI is InChI=1S/C9H8ClF13Si/c1-24(10)5(15)7(18,19)9(22,23)8(20,21)6(16,17)3(12)2(11)4(13)14/h2-5,24H,1H3. The summed E-state index contributed by atoms with van der Waals surface area (Å²) < 4.78 is 167. The van der Waals surface area contributed by atoms with Gasteiger partial charge in [-0.25, -0.2) is 22.0 Å². The minimum atomic E-state index is -7.41. The van der Waals surface area contributed by atoms with Crippen LogP contribution in [0.3, 0.4) is 0 Å². The molecule has 15 heteroatoms. The van der Waals surface area contributed by atoms with Gasteiger partial charge in [0.15, 0.2) is 20.1 Å². The van der Waals surface area contributed by atoms with E-state index in [0.29, 0.717) is 6.55 Å². The molecule has 0 aliphatic rings. The summed E-state index contributed by atoms with van der Waals surface area (Å²) in [6, 6.07) is 0. The molecule has 0 heterocycles. The van der Waals surface area contributed by atoms with Crippen molar-refractivity contribution in [1.82, 2.24) is 0 Å². The highest BCUT2D eigenvalue weighted by Crippen LogP contribution is 2.56. The minimum Gasteiger partial charge on any atom is -0.243 e. The first-order valence-electron chi connectivity index (χ1n) is 5.73. The van der Waals surface area contributed by atoms with Crippen LogP contribution in [0.4, 0.5) is 57.1 Å². The highest BCUT2D eigenvalue weighted by Gasteiger charge is 2.84. The Morgan fingerprint density at radius 2 is 1.04 bits per heavy atom. The van der Waals surface area contributed by atoms with Crippen LogP contribution in [0.15, 0.2) is 0 Å². The highest BCUT2D eigenvalue weighted by molar-refractivity contribution is 7.07. The normalized spacial score (nSPS) is 20.0. The Kier molecular flexibility index (Phi) is 6.96. The zero-order valence-corrected chi connectivity index (χ0v) is 13.1. The fourth-order valence-corrected chi connectivity index (χ4v) is 2.64. The quantitative estimate of drug-likeness (QED) is 0.293. The number of halogens is 14. The predicted molar refractivity (Wildman–Crippen MR) is 59.3 cm³/mol. The molecule has 0 rings (SSSR count). The van der Waals surface area contributed by atoms with E-state index in [0.717, 1.165) is 0 Å². The lowest BCUT2D eigenvalue weighted by Crippen LogP contribution is -2.69. The average molecular weight is 427 g/mol. The van der Waals surface area contributed by atoms with E-state index in [1.807, 2.05) is 0 Å². The maximum Gasteiger partial charge on any atom is 0.381 e. The lowest BCUT2D eigenvalue weighted by Gasteiger charge is -2.39. The Bertz CT molecular complexity index is 426. The van der Waals surface area contributed by atoms with Gasteiger partial charge >= 0.3 is 23.7 Å². The third kappa shape index (κ3) is 3.58. The summed E-state index contributed by atoms with van der Waals surface area (Å²) in [5.41, 5.74) is 0. The van der Waals surface area contributed by atoms with E-state index in [2.05, 4.69) is 0 Å². The second kappa shape index (κ2) is 7.07. The van der Waals surface area contributed by atoms with Crippen molar-refractivity contribution in [2.45, 2.75) is 54.8 Å². The first-order valence-corrected chi connectivity index (χ1v) is 9.29. The van der Waals surface area contributed by atoms with Crippen molar-refractivity contribution >= 4 is 19.2 Å².